The van der Waals surface area contributed by atoms with Crippen molar-refractivity contribution in [3.63, 3.8) is 0 Å². The Morgan fingerprint density at radius 1 is 1.19 bits per heavy atom. The maximum absolute atomic E-state index is 10.9. The lowest BCUT2D eigenvalue weighted by Gasteiger charge is -2.08. The number of halogens is 1. The van der Waals surface area contributed by atoms with Gasteiger partial charge in [0, 0.05) is 17.6 Å². The molecular weight excluding hydrogens is 336 g/mol. The van der Waals surface area contributed by atoms with Gasteiger partial charge in [0.05, 0.1) is 17.1 Å². The predicted octanol–water partition coefficient (Wildman–Crippen LogP) is 3.80. The van der Waals surface area contributed by atoms with Crippen molar-refractivity contribution in [3.8, 4) is 0 Å². The van der Waals surface area contributed by atoms with Crippen LogP contribution in [0, 0.1) is 10.1 Å². The third kappa shape index (κ3) is 4.42. The van der Waals surface area contributed by atoms with Gasteiger partial charge in [-0.2, -0.15) is 0 Å². The molecule has 0 aliphatic carbocycles. The Balaban J connectivity index is 2.14. The Kier molecular flexibility index (Phi) is 5.10. The van der Waals surface area contributed by atoms with Crippen LogP contribution in [0.25, 0.3) is 0 Å². The summed E-state index contributed by atoms with van der Waals surface area (Å²) >= 11 is 3.38. The Hall–Kier alpha value is -2.15. The second-order valence-electron chi connectivity index (χ2n) is 4.36. The molecule has 0 saturated heterocycles. The summed E-state index contributed by atoms with van der Waals surface area (Å²) in [6, 6.07) is 10.7. The van der Waals surface area contributed by atoms with E-state index >= 15 is 0 Å². The van der Waals surface area contributed by atoms with Crippen LogP contribution in [0.3, 0.4) is 0 Å². The highest BCUT2D eigenvalue weighted by Crippen LogP contribution is 2.21. The van der Waals surface area contributed by atoms with Crippen LogP contribution in [-0.2, 0) is 6.54 Å². The van der Waals surface area contributed by atoms with Gasteiger partial charge in [-0.3, -0.25) is 10.1 Å². The van der Waals surface area contributed by atoms with Gasteiger partial charge in [-0.1, -0.05) is 28.1 Å². The highest BCUT2D eigenvalue weighted by molar-refractivity contribution is 9.10. The van der Waals surface area contributed by atoms with Crippen LogP contribution in [0.5, 0.6) is 0 Å². The summed E-state index contributed by atoms with van der Waals surface area (Å²) in [5.74, 6) is 0.966. The number of anilines is 2. The van der Waals surface area contributed by atoms with Crippen molar-refractivity contribution >= 4 is 33.3 Å². The molecule has 0 unspecified atom stereocenters. The zero-order valence-electron chi connectivity index (χ0n) is 11.5. The first-order valence-electron chi connectivity index (χ1n) is 6.47. The average molecular weight is 351 g/mol. The van der Waals surface area contributed by atoms with Crippen LogP contribution in [-0.4, -0.2) is 16.5 Å². The predicted molar refractivity (Wildman–Crippen MR) is 86.5 cm³/mol. The molecule has 1 aromatic heterocycles. The van der Waals surface area contributed by atoms with E-state index in [4.69, 9.17) is 0 Å². The lowest BCUT2D eigenvalue weighted by atomic mass is 10.2. The van der Waals surface area contributed by atoms with Gasteiger partial charge in [0.15, 0.2) is 0 Å². The third-order valence-electron chi connectivity index (χ3n) is 2.77. The molecular formula is C14H15BrN4O2. The van der Waals surface area contributed by atoms with Gasteiger partial charge in [-0.15, -0.1) is 0 Å². The van der Waals surface area contributed by atoms with Gasteiger partial charge >= 0.3 is 0 Å². The molecule has 2 N–H and O–H groups in total. The van der Waals surface area contributed by atoms with E-state index in [1.165, 1.54) is 12.1 Å². The van der Waals surface area contributed by atoms with Crippen molar-refractivity contribution in [2.24, 2.45) is 0 Å². The van der Waals surface area contributed by atoms with Crippen molar-refractivity contribution in [2.75, 3.05) is 17.2 Å². The monoisotopic (exact) mass is 350 g/mol. The summed E-state index contributed by atoms with van der Waals surface area (Å²) in [4.78, 5) is 14.8. The fourth-order valence-corrected chi connectivity index (χ4v) is 2.04. The molecule has 21 heavy (non-hydrogen) atoms. The molecule has 6 nitrogen and oxygen atoms in total. The first-order valence-corrected chi connectivity index (χ1v) is 7.26. The molecule has 0 fully saturated rings. The maximum atomic E-state index is 10.9. The minimum atomic E-state index is -0.423. The molecule has 0 radical (unpaired) electrons. The van der Waals surface area contributed by atoms with Crippen molar-refractivity contribution < 1.29 is 4.92 Å². The van der Waals surface area contributed by atoms with E-state index in [0.717, 1.165) is 10.0 Å². The summed E-state index contributed by atoms with van der Waals surface area (Å²) in [5, 5.41) is 17.0. The van der Waals surface area contributed by atoms with Crippen molar-refractivity contribution in [1.82, 2.24) is 4.98 Å². The summed E-state index contributed by atoms with van der Waals surface area (Å²) in [7, 11) is 0. The Morgan fingerprint density at radius 2 is 1.81 bits per heavy atom. The molecule has 0 saturated carbocycles. The zero-order valence-corrected chi connectivity index (χ0v) is 13.1. The maximum Gasteiger partial charge on any atom is 0.276 e. The highest BCUT2D eigenvalue weighted by atomic mass is 79.9. The molecule has 1 heterocycles. The van der Waals surface area contributed by atoms with E-state index < -0.39 is 4.92 Å². The molecule has 110 valence electrons. The molecule has 2 aromatic rings. The fraction of sp³-hybridized carbons (Fsp3) is 0.214. The van der Waals surface area contributed by atoms with Crippen LogP contribution in [0.15, 0.2) is 40.9 Å². The molecule has 0 bridgehead atoms. The van der Waals surface area contributed by atoms with Crippen molar-refractivity contribution in [3.05, 3.63) is 56.5 Å². The van der Waals surface area contributed by atoms with Crippen LogP contribution >= 0.6 is 15.9 Å². The van der Waals surface area contributed by atoms with E-state index in [0.29, 0.717) is 24.7 Å². The quantitative estimate of drug-likeness (QED) is 0.611. The number of aromatic nitrogens is 1. The summed E-state index contributed by atoms with van der Waals surface area (Å²) in [5.41, 5.74) is 1.08. The highest BCUT2D eigenvalue weighted by Gasteiger charge is 2.10. The summed E-state index contributed by atoms with van der Waals surface area (Å²) in [6.07, 6.45) is 0. The summed E-state index contributed by atoms with van der Waals surface area (Å²) < 4.78 is 1.01. The van der Waals surface area contributed by atoms with Gasteiger partial charge in [0.1, 0.15) is 11.6 Å². The number of rotatable bonds is 6. The smallest absolute Gasteiger partial charge is 0.276 e. The molecule has 2 rings (SSSR count). The average Bonchev–Trinajstić information content (AvgIpc) is 2.47. The molecule has 0 aliphatic rings. The van der Waals surface area contributed by atoms with Crippen molar-refractivity contribution in [1.29, 1.82) is 0 Å². The molecule has 0 amide bonds. The minimum absolute atomic E-state index is 0.0132. The van der Waals surface area contributed by atoms with E-state index in [-0.39, 0.29) is 5.69 Å². The van der Waals surface area contributed by atoms with E-state index in [2.05, 4.69) is 31.5 Å². The fourth-order valence-electron chi connectivity index (χ4n) is 1.78. The number of nitrogens with zero attached hydrogens (tertiary/aromatic N) is 2. The molecule has 0 spiro atoms. The normalized spacial score (nSPS) is 10.2. The van der Waals surface area contributed by atoms with Gasteiger partial charge in [-0.05, 0) is 24.6 Å². The third-order valence-corrected chi connectivity index (χ3v) is 3.29. The number of pyridine rings is 1. The lowest BCUT2D eigenvalue weighted by Crippen LogP contribution is -2.06. The van der Waals surface area contributed by atoms with E-state index in [1.807, 2.05) is 31.2 Å². The summed E-state index contributed by atoms with van der Waals surface area (Å²) in [6.45, 7) is 3.11. The zero-order chi connectivity index (χ0) is 15.2. The Labute approximate surface area is 130 Å². The second-order valence-corrected chi connectivity index (χ2v) is 5.28. The van der Waals surface area contributed by atoms with Crippen molar-refractivity contribution in [2.45, 2.75) is 13.5 Å². The van der Waals surface area contributed by atoms with Gasteiger partial charge < -0.3 is 10.6 Å². The van der Waals surface area contributed by atoms with E-state index in [9.17, 15) is 10.1 Å². The largest absolute Gasteiger partial charge is 0.370 e. The lowest BCUT2D eigenvalue weighted by molar-refractivity contribution is -0.384. The molecule has 0 atom stereocenters. The number of nitro groups is 1. The number of benzene rings is 1. The number of hydrogen-bond acceptors (Lipinski definition) is 5. The van der Waals surface area contributed by atoms with Crippen LogP contribution in [0.4, 0.5) is 17.3 Å². The number of nitrogens with one attached hydrogen (secondary N) is 2. The Bertz CT molecular complexity index is 631. The van der Waals surface area contributed by atoms with E-state index in [1.54, 1.807) is 0 Å². The van der Waals surface area contributed by atoms with Crippen LogP contribution < -0.4 is 10.6 Å². The topological polar surface area (TPSA) is 80.1 Å². The standard InChI is InChI=1S/C14H15BrN4O2/c1-2-16-13-7-12(19(20)21)8-14(18-13)17-9-10-3-5-11(15)6-4-10/h3-8H,2,9H2,1H3,(H2,16,17,18). The molecule has 0 aliphatic heterocycles. The molecule has 7 heteroatoms. The second kappa shape index (κ2) is 7.03. The van der Waals surface area contributed by atoms with Gasteiger partial charge in [0.2, 0.25) is 0 Å². The first-order chi connectivity index (χ1) is 10.1. The SMILES string of the molecule is CCNc1cc([N+](=O)[O-])cc(NCc2ccc(Br)cc2)n1. The minimum Gasteiger partial charge on any atom is -0.370 e. The van der Waals surface area contributed by atoms with Crippen LogP contribution in [0.1, 0.15) is 12.5 Å². The number of hydrogen-bond donors (Lipinski definition) is 2. The first kappa shape index (κ1) is 15.2. The van der Waals surface area contributed by atoms with Gasteiger partial charge in [-0.25, -0.2) is 4.98 Å². The van der Waals surface area contributed by atoms with Crippen LogP contribution in [0.2, 0.25) is 0 Å². The molecule has 1 aromatic carbocycles. The van der Waals surface area contributed by atoms with Gasteiger partial charge in [0.25, 0.3) is 5.69 Å². The Morgan fingerprint density at radius 3 is 2.38 bits per heavy atom.